The molecular weight excluding hydrogens is 452 g/mol. The van der Waals surface area contributed by atoms with E-state index in [2.05, 4.69) is 20.8 Å². The molecule has 33 heavy (non-hydrogen) atoms. The first kappa shape index (κ1) is 22.4. The van der Waals surface area contributed by atoms with Gasteiger partial charge in [0.15, 0.2) is 18.1 Å². The van der Waals surface area contributed by atoms with Crippen LogP contribution in [0.4, 0.5) is 0 Å². The monoisotopic (exact) mass is 472 g/mol. The molecule has 1 aliphatic rings. The van der Waals surface area contributed by atoms with Crippen molar-refractivity contribution in [1.82, 2.24) is 20.8 Å². The number of amides is 2. The summed E-state index contributed by atoms with van der Waals surface area (Å²) in [5, 5.41) is 9.76. The Morgan fingerprint density at radius 1 is 1.06 bits per heavy atom. The molecule has 0 bridgehead atoms. The predicted octanol–water partition coefficient (Wildman–Crippen LogP) is 2.66. The van der Waals surface area contributed by atoms with Crippen LogP contribution in [-0.2, 0) is 4.79 Å². The van der Waals surface area contributed by atoms with Crippen LogP contribution in [0.5, 0.6) is 17.2 Å². The largest absolute Gasteiger partial charge is 0.484 e. The number of fused-ring (bicyclic) bond motifs is 1. The van der Waals surface area contributed by atoms with Gasteiger partial charge in [-0.15, -0.1) is 0 Å². The third-order valence-electron chi connectivity index (χ3n) is 4.76. The molecule has 0 aliphatic carbocycles. The van der Waals surface area contributed by atoms with Gasteiger partial charge < -0.3 is 29.4 Å². The van der Waals surface area contributed by atoms with E-state index < -0.39 is 5.91 Å². The Labute approximate surface area is 194 Å². The van der Waals surface area contributed by atoms with E-state index in [1.807, 2.05) is 13.8 Å². The van der Waals surface area contributed by atoms with E-state index in [-0.39, 0.29) is 44.1 Å². The van der Waals surface area contributed by atoms with Crippen molar-refractivity contribution in [2.45, 2.75) is 13.8 Å². The SMILES string of the molecule is Cc1cc(OCC(=O)NCCNC(=O)c2nc(-c3ccc4c(c3)OCO4)no2)cc(C)c1Cl. The van der Waals surface area contributed by atoms with Gasteiger partial charge >= 0.3 is 11.8 Å². The quantitative estimate of drug-likeness (QED) is 0.479. The van der Waals surface area contributed by atoms with Gasteiger partial charge in [0.2, 0.25) is 12.6 Å². The molecule has 0 saturated heterocycles. The molecule has 0 saturated carbocycles. The van der Waals surface area contributed by atoms with Crippen molar-refractivity contribution in [2.24, 2.45) is 0 Å². The third kappa shape index (κ3) is 5.35. The molecule has 2 heterocycles. The summed E-state index contributed by atoms with van der Waals surface area (Å²) in [6.07, 6.45) is 0. The number of halogens is 1. The molecular formula is C22H21ClN4O6. The minimum Gasteiger partial charge on any atom is -0.484 e. The molecule has 0 unspecified atom stereocenters. The summed E-state index contributed by atoms with van der Waals surface area (Å²) in [4.78, 5) is 28.3. The molecule has 11 heteroatoms. The average Bonchev–Trinajstić information content (AvgIpc) is 3.48. The van der Waals surface area contributed by atoms with Gasteiger partial charge in [0.05, 0.1) is 0 Å². The summed E-state index contributed by atoms with van der Waals surface area (Å²) in [5.41, 5.74) is 2.37. The number of aromatic nitrogens is 2. The summed E-state index contributed by atoms with van der Waals surface area (Å²) < 4.78 is 21.1. The Hall–Kier alpha value is -3.79. The highest BCUT2D eigenvalue weighted by Crippen LogP contribution is 2.35. The van der Waals surface area contributed by atoms with E-state index >= 15 is 0 Å². The van der Waals surface area contributed by atoms with Gasteiger partial charge in [0, 0.05) is 23.7 Å². The van der Waals surface area contributed by atoms with Crippen LogP contribution in [0, 0.1) is 13.8 Å². The summed E-state index contributed by atoms with van der Waals surface area (Å²) in [6.45, 7) is 4.11. The number of ether oxygens (including phenoxy) is 3. The van der Waals surface area contributed by atoms with Crippen molar-refractivity contribution in [1.29, 1.82) is 0 Å². The third-order valence-corrected chi connectivity index (χ3v) is 5.36. The highest BCUT2D eigenvalue weighted by atomic mass is 35.5. The molecule has 1 aromatic heterocycles. The van der Waals surface area contributed by atoms with E-state index in [9.17, 15) is 9.59 Å². The number of carbonyl (C=O) groups is 2. The zero-order chi connectivity index (χ0) is 23.4. The Bertz CT molecular complexity index is 1170. The van der Waals surface area contributed by atoms with Gasteiger partial charge in [-0.3, -0.25) is 9.59 Å². The standard InChI is InChI=1S/C22H21ClN4O6/c1-12-7-15(8-13(2)19(12)23)30-10-18(28)24-5-6-25-21(29)22-26-20(27-33-22)14-3-4-16-17(9-14)32-11-31-16/h3-4,7-9H,5-6,10-11H2,1-2H3,(H,24,28)(H,25,29). The maximum absolute atomic E-state index is 12.2. The van der Waals surface area contributed by atoms with Crippen LogP contribution in [0.3, 0.4) is 0 Å². The Kier molecular flexibility index (Phi) is 6.64. The molecule has 0 atom stereocenters. The highest BCUT2D eigenvalue weighted by Gasteiger charge is 2.19. The molecule has 172 valence electrons. The lowest BCUT2D eigenvalue weighted by atomic mass is 10.1. The predicted molar refractivity (Wildman–Crippen MR) is 118 cm³/mol. The summed E-state index contributed by atoms with van der Waals surface area (Å²) in [5.74, 6) is 0.954. The second kappa shape index (κ2) is 9.78. The molecule has 3 aromatic rings. The van der Waals surface area contributed by atoms with Crippen molar-refractivity contribution in [3.63, 3.8) is 0 Å². The first-order valence-corrected chi connectivity index (χ1v) is 10.5. The molecule has 0 fully saturated rings. The Morgan fingerprint density at radius 3 is 2.58 bits per heavy atom. The fourth-order valence-electron chi connectivity index (χ4n) is 3.11. The number of hydrogen-bond donors (Lipinski definition) is 2. The fraction of sp³-hybridized carbons (Fsp3) is 0.273. The van der Waals surface area contributed by atoms with E-state index in [0.29, 0.717) is 27.8 Å². The van der Waals surface area contributed by atoms with E-state index in [0.717, 1.165) is 11.1 Å². The molecule has 1 aliphatic heterocycles. The maximum Gasteiger partial charge on any atom is 0.316 e. The van der Waals surface area contributed by atoms with Crippen LogP contribution in [0.15, 0.2) is 34.9 Å². The Balaban J connectivity index is 1.20. The summed E-state index contributed by atoms with van der Waals surface area (Å²) in [7, 11) is 0. The van der Waals surface area contributed by atoms with Crippen molar-refractivity contribution >= 4 is 23.4 Å². The van der Waals surface area contributed by atoms with Crippen LogP contribution in [0.2, 0.25) is 5.02 Å². The normalized spacial score (nSPS) is 11.8. The topological polar surface area (TPSA) is 125 Å². The van der Waals surface area contributed by atoms with Gasteiger partial charge in [0.1, 0.15) is 5.75 Å². The molecule has 4 rings (SSSR count). The van der Waals surface area contributed by atoms with Crippen molar-refractivity contribution in [2.75, 3.05) is 26.5 Å². The van der Waals surface area contributed by atoms with Gasteiger partial charge in [0.25, 0.3) is 5.91 Å². The average molecular weight is 473 g/mol. The first-order chi connectivity index (χ1) is 15.9. The molecule has 2 aromatic carbocycles. The zero-order valence-electron chi connectivity index (χ0n) is 17.9. The number of nitrogens with one attached hydrogen (secondary N) is 2. The summed E-state index contributed by atoms with van der Waals surface area (Å²) in [6, 6.07) is 8.72. The second-order valence-electron chi connectivity index (χ2n) is 7.26. The van der Waals surface area contributed by atoms with Crippen LogP contribution in [0.1, 0.15) is 21.8 Å². The molecule has 0 spiro atoms. The number of carbonyl (C=O) groups excluding carboxylic acids is 2. The Morgan fingerprint density at radius 2 is 1.79 bits per heavy atom. The fourth-order valence-corrected chi connectivity index (χ4v) is 3.22. The first-order valence-electron chi connectivity index (χ1n) is 10.1. The molecule has 2 amide bonds. The number of nitrogens with zero attached hydrogens (tertiary/aromatic N) is 2. The molecule has 2 N–H and O–H groups in total. The maximum atomic E-state index is 12.2. The lowest BCUT2D eigenvalue weighted by Gasteiger charge is -2.10. The van der Waals surface area contributed by atoms with Crippen LogP contribution < -0.4 is 24.8 Å². The lowest BCUT2D eigenvalue weighted by molar-refractivity contribution is -0.123. The smallest absolute Gasteiger partial charge is 0.316 e. The van der Waals surface area contributed by atoms with Crippen molar-refractivity contribution < 1.29 is 28.3 Å². The van der Waals surface area contributed by atoms with Crippen LogP contribution in [-0.4, -0.2) is 48.4 Å². The van der Waals surface area contributed by atoms with Crippen LogP contribution >= 0.6 is 11.6 Å². The van der Waals surface area contributed by atoms with Gasteiger partial charge in [-0.2, -0.15) is 4.98 Å². The van der Waals surface area contributed by atoms with E-state index in [1.165, 1.54) is 0 Å². The van der Waals surface area contributed by atoms with Crippen molar-refractivity contribution in [3.05, 3.63) is 52.4 Å². The lowest BCUT2D eigenvalue weighted by Crippen LogP contribution is -2.36. The number of benzene rings is 2. The molecule has 10 nitrogen and oxygen atoms in total. The molecule has 0 radical (unpaired) electrons. The van der Waals surface area contributed by atoms with Gasteiger partial charge in [-0.1, -0.05) is 16.8 Å². The number of rotatable bonds is 8. The van der Waals surface area contributed by atoms with E-state index in [1.54, 1.807) is 30.3 Å². The van der Waals surface area contributed by atoms with Gasteiger partial charge in [-0.05, 0) is 55.3 Å². The number of aryl methyl sites for hydroxylation is 2. The second-order valence-corrected chi connectivity index (χ2v) is 7.63. The van der Waals surface area contributed by atoms with Crippen LogP contribution in [0.25, 0.3) is 11.4 Å². The van der Waals surface area contributed by atoms with E-state index in [4.69, 9.17) is 30.3 Å². The summed E-state index contributed by atoms with van der Waals surface area (Å²) >= 11 is 6.13. The zero-order valence-corrected chi connectivity index (χ0v) is 18.7. The highest BCUT2D eigenvalue weighted by molar-refractivity contribution is 6.32. The van der Waals surface area contributed by atoms with Gasteiger partial charge in [-0.25, -0.2) is 0 Å². The minimum absolute atomic E-state index is 0.155. The van der Waals surface area contributed by atoms with Crippen molar-refractivity contribution in [3.8, 4) is 28.6 Å². The minimum atomic E-state index is -0.549. The number of hydrogen-bond acceptors (Lipinski definition) is 8.